The van der Waals surface area contributed by atoms with Crippen molar-refractivity contribution in [1.82, 2.24) is 0 Å². The molecule has 0 bridgehead atoms. The summed E-state index contributed by atoms with van der Waals surface area (Å²) in [5.41, 5.74) is 4.43. The Bertz CT molecular complexity index is 816. The highest BCUT2D eigenvalue weighted by molar-refractivity contribution is 6.12. The van der Waals surface area contributed by atoms with E-state index in [1.165, 1.54) is 0 Å². The number of hydrogen-bond acceptors (Lipinski definition) is 1. The van der Waals surface area contributed by atoms with Crippen molar-refractivity contribution in [1.29, 1.82) is 0 Å². The minimum absolute atomic E-state index is 0.0419. The molecular weight excluding hydrogens is 268 g/mol. The van der Waals surface area contributed by atoms with Crippen molar-refractivity contribution in [3.63, 3.8) is 0 Å². The van der Waals surface area contributed by atoms with E-state index in [1.54, 1.807) is 0 Å². The minimum Gasteiger partial charge on any atom is -0.289 e. The van der Waals surface area contributed by atoms with Crippen molar-refractivity contribution in [2.24, 2.45) is 0 Å². The summed E-state index contributed by atoms with van der Waals surface area (Å²) < 4.78 is 0. The van der Waals surface area contributed by atoms with Gasteiger partial charge in [-0.15, -0.1) is 0 Å². The first-order chi connectivity index (χ1) is 10.8. The van der Waals surface area contributed by atoms with Crippen molar-refractivity contribution in [2.75, 3.05) is 0 Å². The normalized spacial score (nSPS) is 10.2. The summed E-state index contributed by atoms with van der Waals surface area (Å²) in [4.78, 5) is 12.8. The van der Waals surface area contributed by atoms with Crippen LogP contribution in [0.15, 0.2) is 85.4 Å². The van der Waals surface area contributed by atoms with Gasteiger partial charge in [0.15, 0.2) is 5.78 Å². The van der Waals surface area contributed by atoms with Gasteiger partial charge >= 0.3 is 0 Å². The maximum Gasteiger partial charge on any atom is 0.193 e. The number of ketones is 1. The van der Waals surface area contributed by atoms with Crippen LogP contribution in [-0.2, 0) is 0 Å². The SMILES string of the molecule is C=Cc1cccc(-c2ccccc2C(=O)c2ccccc2)c1. The lowest BCUT2D eigenvalue weighted by molar-refractivity contribution is 0.103. The topological polar surface area (TPSA) is 17.1 Å². The molecule has 0 unspecified atom stereocenters. The summed E-state index contributed by atoms with van der Waals surface area (Å²) in [6.07, 6.45) is 1.81. The zero-order chi connectivity index (χ0) is 15.4. The zero-order valence-electron chi connectivity index (χ0n) is 12.2. The summed E-state index contributed by atoms with van der Waals surface area (Å²) in [6.45, 7) is 3.80. The molecular formula is C21H16O. The van der Waals surface area contributed by atoms with E-state index in [2.05, 4.69) is 6.58 Å². The molecule has 0 aromatic heterocycles. The maximum absolute atomic E-state index is 12.8. The second-order valence-corrected chi connectivity index (χ2v) is 5.07. The maximum atomic E-state index is 12.8. The molecule has 3 aromatic rings. The van der Waals surface area contributed by atoms with Crippen LogP contribution in [0.1, 0.15) is 21.5 Å². The van der Waals surface area contributed by atoms with Crippen LogP contribution < -0.4 is 0 Å². The monoisotopic (exact) mass is 284 g/mol. The average molecular weight is 284 g/mol. The van der Waals surface area contributed by atoms with E-state index >= 15 is 0 Å². The lowest BCUT2D eigenvalue weighted by atomic mass is 9.93. The number of hydrogen-bond donors (Lipinski definition) is 0. The van der Waals surface area contributed by atoms with Crippen molar-refractivity contribution in [3.8, 4) is 11.1 Å². The lowest BCUT2D eigenvalue weighted by Crippen LogP contribution is -2.03. The quantitative estimate of drug-likeness (QED) is 0.600. The Morgan fingerprint density at radius 1 is 0.818 bits per heavy atom. The van der Waals surface area contributed by atoms with Crippen LogP contribution in [-0.4, -0.2) is 5.78 Å². The van der Waals surface area contributed by atoms with Crippen molar-refractivity contribution in [3.05, 3.63) is 102 Å². The van der Waals surface area contributed by atoms with Crippen LogP contribution in [0, 0.1) is 0 Å². The van der Waals surface area contributed by atoms with Gasteiger partial charge in [-0.2, -0.15) is 0 Å². The third kappa shape index (κ3) is 2.75. The van der Waals surface area contributed by atoms with E-state index in [9.17, 15) is 4.79 Å². The van der Waals surface area contributed by atoms with Crippen LogP contribution in [0.3, 0.4) is 0 Å². The molecule has 0 aliphatic rings. The molecule has 0 radical (unpaired) electrons. The van der Waals surface area contributed by atoms with Gasteiger partial charge in [-0.3, -0.25) is 4.79 Å². The predicted molar refractivity (Wildman–Crippen MR) is 91.8 cm³/mol. The Morgan fingerprint density at radius 2 is 1.55 bits per heavy atom. The fourth-order valence-electron chi connectivity index (χ4n) is 2.51. The molecule has 0 saturated carbocycles. The molecule has 0 spiro atoms. The minimum atomic E-state index is 0.0419. The first-order valence-corrected chi connectivity index (χ1v) is 7.21. The van der Waals surface area contributed by atoms with E-state index in [0.717, 1.165) is 22.3 Å². The Hall–Kier alpha value is -2.93. The molecule has 1 nitrogen and oxygen atoms in total. The van der Waals surface area contributed by atoms with Gasteiger partial charge in [0.25, 0.3) is 0 Å². The molecule has 0 aliphatic heterocycles. The van der Waals surface area contributed by atoms with Gasteiger partial charge in [0.05, 0.1) is 0 Å². The van der Waals surface area contributed by atoms with E-state index in [-0.39, 0.29) is 5.78 Å². The fraction of sp³-hybridized carbons (Fsp3) is 0. The van der Waals surface area contributed by atoms with Crippen LogP contribution >= 0.6 is 0 Å². The molecule has 0 amide bonds. The van der Waals surface area contributed by atoms with Gasteiger partial charge in [-0.25, -0.2) is 0 Å². The number of carbonyl (C=O) groups is 1. The zero-order valence-corrected chi connectivity index (χ0v) is 12.2. The summed E-state index contributed by atoms with van der Waals surface area (Å²) >= 11 is 0. The Labute approximate surface area is 130 Å². The van der Waals surface area contributed by atoms with E-state index in [1.807, 2.05) is 84.9 Å². The van der Waals surface area contributed by atoms with Crippen LogP contribution in [0.4, 0.5) is 0 Å². The highest BCUT2D eigenvalue weighted by Crippen LogP contribution is 2.26. The van der Waals surface area contributed by atoms with Crippen LogP contribution in [0.25, 0.3) is 17.2 Å². The smallest absolute Gasteiger partial charge is 0.193 e. The molecule has 1 heteroatoms. The van der Waals surface area contributed by atoms with Gasteiger partial charge in [0.1, 0.15) is 0 Å². The van der Waals surface area contributed by atoms with Crippen LogP contribution in [0.2, 0.25) is 0 Å². The summed E-state index contributed by atoms with van der Waals surface area (Å²) in [6, 6.07) is 25.1. The number of rotatable bonds is 4. The number of benzene rings is 3. The lowest BCUT2D eigenvalue weighted by Gasteiger charge is -2.10. The second kappa shape index (κ2) is 6.23. The fourth-order valence-corrected chi connectivity index (χ4v) is 2.51. The molecule has 0 N–H and O–H groups in total. The molecule has 0 heterocycles. The predicted octanol–water partition coefficient (Wildman–Crippen LogP) is 5.23. The molecule has 0 saturated heterocycles. The molecule has 0 aliphatic carbocycles. The Morgan fingerprint density at radius 3 is 2.32 bits per heavy atom. The highest BCUT2D eigenvalue weighted by Gasteiger charge is 2.14. The summed E-state index contributed by atoms with van der Waals surface area (Å²) in [5, 5.41) is 0. The largest absolute Gasteiger partial charge is 0.289 e. The Kier molecular flexibility index (Phi) is 3.97. The Balaban J connectivity index is 2.11. The van der Waals surface area contributed by atoms with Gasteiger partial charge in [-0.1, -0.05) is 85.5 Å². The first kappa shape index (κ1) is 14.0. The molecule has 3 aromatic carbocycles. The standard InChI is InChI=1S/C21H16O/c1-2-16-9-8-12-18(15-16)19-13-6-7-14-20(19)21(22)17-10-4-3-5-11-17/h2-15H,1H2. The van der Waals surface area contributed by atoms with E-state index in [0.29, 0.717) is 5.56 Å². The molecule has 22 heavy (non-hydrogen) atoms. The van der Waals surface area contributed by atoms with E-state index < -0.39 is 0 Å². The van der Waals surface area contributed by atoms with Crippen molar-refractivity contribution in [2.45, 2.75) is 0 Å². The third-order valence-electron chi connectivity index (χ3n) is 3.64. The molecule has 3 rings (SSSR count). The third-order valence-corrected chi connectivity index (χ3v) is 3.64. The average Bonchev–Trinajstić information content (AvgIpc) is 2.62. The highest BCUT2D eigenvalue weighted by atomic mass is 16.1. The van der Waals surface area contributed by atoms with Crippen molar-refractivity contribution >= 4 is 11.9 Å². The second-order valence-electron chi connectivity index (χ2n) is 5.07. The van der Waals surface area contributed by atoms with Crippen LogP contribution in [0.5, 0.6) is 0 Å². The molecule has 106 valence electrons. The summed E-state index contributed by atoms with van der Waals surface area (Å²) in [5.74, 6) is 0.0419. The van der Waals surface area contributed by atoms with E-state index in [4.69, 9.17) is 0 Å². The summed E-state index contributed by atoms with van der Waals surface area (Å²) in [7, 11) is 0. The number of carbonyl (C=O) groups excluding carboxylic acids is 1. The van der Waals surface area contributed by atoms with Gasteiger partial charge in [0, 0.05) is 11.1 Å². The first-order valence-electron chi connectivity index (χ1n) is 7.21. The molecule has 0 atom stereocenters. The van der Waals surface area contributed by atoms with Gasteiger partial charge < -0.3 is 0 Å². The van der Waals surface area contributed by atoms with Gasteiger partial charge in [0.2, 0.25) is 0 Å². The molecule has 0 fully saturated rings. The van der Waals surface area contributed by atoms with Crippen molar-refractivity contribution < 1.29 is 4.79 Å². The van der Waals surface area contributed by atoms with Gasteiger partial charge in [-0.05, 0) is 22.8 Å².